The van der Waals surface area contributed by atoms with Crippen molar-refractivity contribution in [3.05, 3.63) is 22.2 Å². The Kier molecular flexibility index (Phi) is 11.2. The number of nitrogens with zero attached hydrogens (tertiary/aromatic N) is 1. The van der Waals surface area contributed by atoms with Gasteiger partial charge in [-0.1, -0.05) is 23.2 Å². The Morgan fingerprint density at radius 2 is 1.58 bits per heavy atom. The van der Waals surface area contributed by atoms with Crippen LogP contribution in [0.1, 0.15) is 38.5 Å². The molecule has 0 spiro atoms. The molecule has 0 saturated heterocycles. The van der Waals surface area contributed by atoms with Crippen molar-refractivity contribution >= 4 is 40.7 Å². The molecule has 0 bridgehead atoms. The molecule has 1 heterocycles. The normalized spacial score (nSPS) is 19.0. The third-order valence-electron chi connectivity index (χ3n) is 4.89. The van der Waals surface area contributed by atoms with E-state index in [2.05, 4.69) is 19.8 Å². The highest BCUT2D eigenvalue weighted by Crippen LogP contribution is 2.37. The minimum absolute atomic E-state index is 0.0624. The van der Waals surface area contributed by atoms with Gasteiger partial charge >= 0.3 is 18.7 Å². The standard InChI is InChI=1S/C21H21Cl2F9N2O4/c22-14-6-13(38-21(30,31)32)7-15(23)18(14)34-16(35)3-1-2-11-4-5-12(36-9-19(24,25)26)8-17(33-11)37-10-20(27,28)29/h6-7,11-12H,1-5,8-10H2,(H,34,35). The fraction of sp³-hybridized carbons (Fsp3) is 0.619. The first-order valence-electron chi connectivity index (χ1n) is 10.9. The summed E-state index contributed by atoms with van der Waals surface area (Å²) in [4.78, 5) is 16.4. The second kappa shape index (κ2) is 13.3. The number of rotatable bonds is 9. The summed E-state index contributed by atoms with van der Waals surface area (Å²) in [5.41, 5.74) is -0.159. The number of anilines is 1. The predicted molar refractivity (Wildman–Crippen MR) is 119 cm³/mol. The molecule has 0 saturated carbocycles. The van der Waals surface area contributed by atoms with Crippen molar-refractivity contribution < 1.29 is 58.5 Å². The number of aliphatic imine (C=N–C) groups is 1. The second-order valence-electron chi connectivity index (χ2n) is 8.16. The molecule has 17 heteroatoms. The van der Waals surface area contributed by atoms with E-state index < -0.39 is 61.6 Å². The van der Waals surface area contributed by atoms with Crippen LogP contribution in [0, 0.1) is 0 Å². The summed E-state index contributed by atoms with van der Waals surface area (Å²) in [6, 6.07) is 0.948. The Morgan fingerprint density at radius 1 is 0.974 bits per heavy atom. The van der Waals surface area contributed by atoms with Gasteiger partial charge < -0.3 is 19.5 Å². The minimum atomic E-state index is -4.99. The van der Waals surface area contributed by atoms with Crippen LogP contribution in [0.4, 0.5) is 45.2 Å². The lowest BCUT2D eigenvalue weighted by Gasteiger charge is -2.18. The lowest BCUT2D eigenvalue weighted by atomic mass is 10.0. The molecule has 2 atom stereocenters. The number of carbonyl (C=O) groups excluding carboxylic acids is 1. The Labute approximate surface area is 220 Å². The number of nitrogens with one attached hydrogen (secondary N) is 1. The summed E-state index contributed by atoms with van der Waals surface area (Å²) in [5.74, 6) is -1.73. The van der Waals surface area contributed by atoms with Crippen LogP contribution < -0.4 is 10.1 Å². The highest BCUT2D eigenvalue weighted by Gasteiger charge is 2.34. The maximum Gasteiger partial charge on any atom is 0.573 e. The summed E-state index contributed by atoms with van der Waals surface area (Å²) in [7, 11) is 0. The summed E-state index contributed by atoms with van der Waals surface area (Å²) >= 11 is 11.8. The van der Waals surface area contributed by atoms with Crippen LogP contribution >= 0.6 is 23.2 Å². The van der Waals surface area contributed by atoms with Crippen LogP contribution in [0.2, 0.25) is 10.0 Å². The summed E-state index contributed by atoms with van der Waals surface area (Å²) in [6.07, 6.45) is -15.4. The van der Waals surface area contributed by atoms with Crippen LogP contribution in [0.3, 0.4) is 0 Å². The molecule has 1 aliphatic heterocycles. The maximum atomic E-state index is 12.6. The van der Waals surface area contributed by atoms with Crippen molar-refractivity contribution in [3.63, 3.8) is 0 Å². The molecule has 1 aliphatic rings. The number of ether oxygens (including phenoxy) is 3. The van der Waals surface area contributed by atoms with E-state index in [0.717, 1.165) is 12.1 Å². The van der Waals surface area contributed by atoms with Crippen molar-refractivity contribution in [2.45, 2.75) is 69.4 Å². The Balaban J connectivity index is 1.95. The van der Waals surface area contributed by atoms with Gasteiger partial charge in [0, 0.05) is 25.0 Å². The largest absolute Gasteiger partial charge is 0.573 e. The van der Waals surface area contributed by atoms with Gasteiger partial charge in [0.05, 0.1) is 27.9 Å². The van der Waals surface area contributed by atoms with Gasteiger partial charge in [0.15, 0.2) is 12.5 Å². The summed E-state index contributed by atoms with van der Waals surface area (Å²) < 4.78 is 125. The number of alkyl halides is 9. The van der Waals surface area contributed by atoms with Crippen LogP contribution in [-0.4, -0.2) is 55.9 Å². The highest BCUT2D eigenvalue weighted by molar-refractivity contribution is 6.40. The number of halogens is 11. The van der Waals surface area contributed by atoms with Crippen LogP contribution in [0.25, 0.3) is 0 Å². The molecule has 0 aromatic heterocycles. The van der Waals surface area contributed by atoms with Crippen molar-refractivity contribution in [2.24, 2.45) is 4.99 Å². The lowest BCUT2D eigenvalue weighted by Crippen LogP contribution is -2.27. The molecule has 1 N–H and O–H groups in total. The monoisotopic (exact) mass is 606 g/mol. The summed E-state index contributed by atoms with van der Waals surface area (Å²) in [5, 5.41) is 1.70. The molecule has 38 heavy (non-hydrogen) atoms. The highest BCUT2D eigenvalue weighted by atomic mass is 35.5. The molecule has 2 unspecified atom stereocenters. The van der Waals surface area contributed by atoms with Gasteiger partial charge in [-0.05, 0) is 25.7 Å². The molecule has 1 amide bonds. The third kappa shape index (κ3) is 12.6. The van der Waals surface area contributed by atoms with E-state index >= 15 is 0 Å². The van der Waals surface area contributed by atoms with Gasteiger partial charge in [0.2, 0.25) is 5.91 Å². The molecule has 2 rings (SSSR count). The molecular formula is C21H21Cl2F9N2O4. The van der Waals surface area contributed by atoms with Crippen LogP contribution in [0.5, 0.6) is 5.75 Å². The first-order valence-corrected chi connectivity index (χ1v) is 11.6. The zero-order valence-electron chi connectivity index (χ0n) is 19.2. The second-order valence-corrected chi connectivity index (χ2v) is 8.97. The quantitative estimate of drug-likeness (QED) is 0.296. The van der Waals surface area contributed by atoms with E-state index in [1.54, 1.807) is 0 Å². The Bertz CT molecular complexity index is 962. The van der Waals surface area contributed by atoms with Crippen LogP contribution in [-0.2, 0) is 14.3 Å². The molecule has 1 aromatic carbocycles. The van der Waals surface area contributed by atoms with E-state index in [1.807, 2.05) is 0 Å². The van der Waals surface area contributed by atoms with Gasteiger partial charge in [0.1, 0.15) is 12.4 Å². The number of hydrogen-bond donors (Lipinski definition) is 1. The van der Waals surface area contributed by atoms with Crippen molar-refractivity contribution in [1.29, 1.82) is 0 Å². The first-order chi connectivity index (χ1) is 17.4. The number of hydrogen-bond acceptors (Lipinski definition) is 5. The topological polar surface area (TPSA) is 69.2 Å². The lowest BCUT2D eigenvalue weighted by molar-refractivity contribution is -0.274. The third-order valence-corrected chi connectivity index (χ3v) is 5.49. The summed E-state index contributed by atoms with van der Waals surface area (Å²) in [6.45, 7) is -3.26. The van der Waals surface area contributed by atoms with E-state index in [4.69, 9.17) is 27.9 Å². The minimum Gasteiger partial charge on any atom is -0.471 e. The predicted octanol–water partition coefficient (Wildman–Crippen LogP) is 7.48. The SMILES string of the molecule is O=C(CCCC1CCC(OCC(F)(F)F)CC(OCC(F)(F)F)=N1)Nc1c(Cl)cc(OC(F)(F)F)cc1Cl. The maximum absolute atomic E-state index is 12.6. The first kappa shape index (κ1) is 32.1. The van der Waals surface area contributed by atoms with Crippen molar-refractivity contribution in [1.82, 2.24) is 0 Å². The van der Waals surface area contributed by atoms with E-state index in [9.17, 15) is 44.3 Å². The Hall–Kier alpha value is -2.13. The van der Waals surface area contributed by atoms with Gasteiger partial charge in [-0.15, -0.1) is 13.2 Å². The van der Waals surface area contributed by atoms with Crippen molar-refractivity contribution in [3.8, 4) is 5.75 Å². The van der Waals surface area contributed by atoms with Gasteiger partial charge in [-0.25, -0.2) is 0 Å². The van der Waals surface area contributed by atoms with E-state index in [1.165, 1.54) is 0 Å². The molecule has 0 radical (unpaired) electrons. The molecule has 0 aliphatic carbocycles. The molecule has 1 aromatic rings. The van der Waals surface area contributed by atoms with E-state index in [-0.39, 0.29) is 54.3 Å². The number of carbonyl (C=O) groups is 1. The zero-order chi connectivity index (χ0) is 28.7. The number of benzene rings is 1. The number of amides is 1. The van der Waals surface area contributed by atoms with Gasteiger partial charge in [-0.2, -0.15) is 26.3 Å². The molecule has 6 nitrogen and oxygen atoms in total. The van der Waals surface area contributed by atoms with E-state index in [0.29, 0.717) is 0 Å². The fourth-order valence-corrected chi connectivity index (χ4v) is 3.94. The molecule has 0 fully saturated rings. The average molecular weight is 607 g/mol. The zero-order valence-corrected chi connectivity index (χ0v) is 20.7. The van der Waals surface area contributed by atoms with Gasteiger partial charge in [0.25, 0.3) is 0 Å². The van der Waals surface area contributed by atoms with Crippen LogP contribution in [0.15, 0.2) is 17.1 Å². The molecule has 216 valence electrons. The Morgan fingerprint density at radius 3 is 2.13 bits per heavy atom. The van der Waals surface area contributed by atoms with Gasteiger partial charge in [-0.3, -0.25) is 9.79 Å². The molecular weight excluding hydrogens is 586 g/mol. The fourth-order valence-electron chi connectivity index (χ4n) is 3.38. The smallest absolute Gasteiger partial charge is 0.471 e. The van der Waals surface area contributed by atoms with Crippen molar-refractivity contribution in [2.75, 3.05) is 18.5 Å². The average Bonchev–Trinajstić information content (AvgIpc) is 2.93.